The Hall–Kier alpha value is -3.57. The lowest BCUT2D eigenvalue weighted by atomic mass is 10.2. The Morgan fingerprint density at radius 3 is 2.69 bits per heavy atom. The smallest absolute Gasteiger partial charge is 0.282 e. The number of para-hydroxylation sites is 1. The Bertz CT molecular complexity index is 1610. The Morgan fingerprint density at radius 1 is 1.15 bits per heavy atom. The molecule has 0 atom stereocenters. The molecule has 0 radical (unpaired) electrons. The van der Waals surface area contributed by atoms with Crippen molar-refractivity contribution in [3.8, 4) is 11.5 Å². The minimum absolute atomic E-state index is 0.0647. The maximum Gasteiger partial charge on any atom is 0.282 e. The summed E-state index contributed by atoms with van der Waals surface area (Å²) in [6, 6.07) is 14.6. The van der Waals surface area contributed by atoms with Gasteiger partial charge in [-0.25, -0.2) is 9.37 Å². The number of ether oxygens (including phenoxy) is 2. The number of methoxy groups -OCH3 is 1. The second-order valence-electron chi connectivity index (χ2n) is 8.50. The largest absolute Gasteiger partial charge is 0.493 e. The van der Waals surface area contributed by atoms with Crippen LogP contribution in [-0.4, -0.2) is 35.5 Å². The van der Waals surface area contributed by atoms with E-state index in [1.54, 1.807) is 30.3 Å². The van der Waals surface area contributed by atoms with Crippen LogP contribution in [0.15, 0.2) is 73.4 Å². The van der Waals surface area contributed by atoms with Crippen molar-refractivity contribution in [2.24, 2.45) is 5.10 Å². The zero-order chi connectivity index (χ0) is 27.9. The van der Waals surface area contributed by atoms with Crippen molar-refractivity contribution in [3.63, 3.8) is 0 Å². The van der Waals surface area contributed by atoms with Crippen molar-refractivity contribution in [1.29, 1.82) is 0 Å². The van der Waals surface area contributed by atoms with Gasteiger partial charge >= 0.3 is 0 Å². The van der Waals surface area contributed by atoms with Gasteiger partial charge in [0.15, 0.2) is 18.1 Å². The van der Waals surface area contributed by atoms with Crippen LogP contribution in [-0.2, 0) is 11.2 Å². The number of carbonyl (C=O) groups excluding carboxylic acids is 1. The topological polar surface area (TPSA) is 94.8 Å². The van der Waals surface area contributed by atoms with Gasteiger partial charge in [0.05, 0.1) is 29.9 Å². The van der Waals surface area contributed by atoms with Crippen LogP contribution in [0, 0.1) is 5.82 Å². The number of hydrogen-bond acceptors (Lipinski definition) is 6. The molecule has 0 fully saturated rings. The molecule has 39 heavy (non-hydrogen) atoms. The highest BCUT2D eigenvalue weighted by atomic mass is 79.9. The fraction of sp³-hybridized carbons (Fsp3) is 0.214. The summed E-state index contributed by atoms with van der Waals surface area (Å²) < 4.78 is 27.6. The summed E-state index contributed by atoms with van der Waals surface area (Å²) in [6.07, 6.45) is 3.93. The second kappa shape index (κ2) is 13.0. The lowest BCUT2D eigenvalue weighted by Crippen LogP contribution is -2.22. The number of benzene rings is 3. The quantitative estimate of drug-likeness (QED) is 0.201. The maximum atomic E-state index is 13.8. The summed E-state index contributed by atoms with van der Waals surface area (Å²) in [6.45, 7) is 1.71. The van der Waals surface area contributed by atoms with Crippen molar-refractivity contribution in [1.82, 2.24) is 9.66 Å². The number of nitrogens with zero attached hydrogens (tertiary/aromatic N) is 3. The van der Waals surface area contributed by atoms with Gasteiger partial charge in [-0.1, -0.05) is 41.4 Å². The Labute approximate surface area is 241 Å². The van der Waals surface area contributed by atoms with Crippen LogP contribution in [0.3, 0.4) is 0 Å². The molecule has 0 aliphatic rings. The van der Waals surface area contributed by atoms with Crippen molar-refractivity contribution in [2.75, 3.05) is 19.0 Å². The van der Waals surface area contributed by atoms with Gasteiger partial charge in [0.2, 0.25) is 0 Å². The summed E-state index contributed by atoms with van der Waals surface area (Å²) in [5.74, 6) is 0.136. The third-order valence-electron chi connectivity index (χ3n) is 5.73. The van der Waals surface area contributed by atoms with Gasteiger partial charge in [0.1, 0.15) is 11.6 Å². The molecule has 1 heterocycles. The number of hydrogen-bond donors (Lipinski definition) is 1. The van der Waals surface area contributed by atoms with Crippen LogP contribution >= 0.6 is 31.9 Å². The lowest BCUT2D eigenvalue weighted by Gasteiger charge is -2.13. The molecule has 8 nitrogen and oxygen atoms in total. The molecule has 0 aliphatic carbocycles. The average molecular weight is 660 g/mol. The first-order valence-electron chi connectivity index (χ1n) is 12.1. The molecule has 0 unspecified atom stereocenters. The second-order valence-corrected chi connectivity index (χ2v) is 10.3. The first kappa shape index (κ1) is 28.4. The number of anilines is 1. The van der Waals surface area contributed by atoms with E-state index in [-0.39, 0.29) is 17.9 Å². The van der Waals surface area contributed by atoms with Gasteiger partial charge in [-0.05, 0) is 64.8 Å². The highest BCUT2D eigenvalue weighted by molar-refractivity contribution is 9.10. The summed E-state index contributed by atoms with van der Waals surface area (Å²) in [7, 11) is 1.47. The zero-order valence-electron chi connectivity index (χ0n) is 21.2. The van der Waals surface area contributed by atoms with Gasteiger partial charge in [-0.15, -0.1) is 0 Å². The van der Waals surface area contributed by atoms with Crippen LogP contribution in [0.25, 0.3) is 10.9 Å². The molecule has 0 aliphatic heterocycles. The first-order valence-corrected chi connectivity index (χ1v) is 13.7. The van der Waals surface area contributed by atoms with E-state index in [9.17, 15) is 14.0 Å². The number of amides is 1. The van der Waals surface area contributed by atoms with Crippen LogP contribution in [0.5, 0.6) is 11.5 Å². The number of fused-ring (bicyclic) bond motifs is 1. The van der Waals surface area contributed by atoms with Gasteiger partial charge in [0.25, 0.3) is 11.5 Å². The summed E-state index contributed by atoms with van der Waals surface area (Å²) >= 11 is 6.91. The van der Waals surface area contributed by atoms with Crippen LogP contribution in [0.4, 0.5) is 10.1 Å². The fourth-order valence-electron chi connectivity index (χ4n) is 3.74. The maximum absolute atomic E-state index is 13.8. The van der Waals surface area contributed by atoms with Crippen LogP contribution in [0.2, 0.25) is 0 Å². The number of nitrogens with one attached hydrogen (secondary N) is 1. The van der Waals surface area contributed by atoms with E-state index in [2.05, 4.69) is 54.2 Å². The molecule has 3 aromatic carbocycles. The third kappa shape index (κ3) is 6.90. The van der Waals surface area contributed by atoms with E-state index in [1.165, 1.54) is 36.2 Å². The Kier molecular flexibility index (Phi) is 9.47. The standard InChI is InChI=1S/C28H25Br2FN4O4/c1-3-4-9-26-33-22-11-10-18(29)13-19(22)28(37)35(26)32-15-17-12-24(38-2)25(14-20(17)30)39-16-27(36)34-23-8-6-5-7-21(23)31/h5-8,10-15H,3-4,9,16H2,1-2H3,(H,34,36). The molecular weight excluding hydrogens is 635 g/mol. The predicted molar refractivity (Wildman–Crippen MR) is 157 cm³/mol. The molecule has 1 aromatic heterocycles. The molecule has 0 saturated carbocycles. The number of aromatic nitrogens is 2. The first-order chi connectivity index (χ1) is 18.8. The van der Waals surface area contributed by atoms with E-state index in [0.29, 0.717) is 44.7 Å². The van der Waals surface area contributed by atoms with Gasteiger partial charge < -0.3 is 14.8 Å². The molecule has 1 N–H and O–H groups in total. The zero-order valence-corrected chi connectivity index (χ0v) is 24.4. The van der Waals surface area contributed by atoms with Crippen LogP contribution < -0.4 is 20.3 Å². The summed E-state index contributed by atoms with van der Waals surface area (Å²) in [5, 5.41) is 7.40. The number of carbonyl (C=O) groups is 1. The number of rotatable bonds is 10. The monoisotopic (exact) mass is 658 g/mol. The normalized spacial score (nSPS) is 11.2. The van der Waals surface area contributed by atoms with Crippen molar-refractivity contribution < 1.29 is 18.7 Å². The number of halogens is 3. The molecule has 4 rings (SSSR count). The van der Waals surface area contributed by atoms with Gasteiger partial charge in [-0.2, -0.15) is 9.78 Å². The summed E-state index contributed by atoms with van der Waals surface area (Å²) in [5.41, 5.74) is 1.02. The minimum atomic E-state index is -0.541. The van der Waals surface area contributed by atoms with E-state index in [0.717, 1.165) is 17.3 Å². The Morgan fingerprint density at radius 2 is 1.95 bits per heavy atom. The predicted octanol–water partition coefficient (Wildman–Crippen LogP) is 6.31. The molecule has 11 heteroatoms. The molecule has 0 bridgehead atoms. The van der Waals surface area contributed by atoms with E-state index < -0.39 is 11.7 Å². The van der Waals surface area contributed by atoms with Crippen molar-refractivity contribution in [3.05, 3.63) is 91.1 Å². The molecule has 0 saturated heterocycles. The third-order valence-corrected chi connectivity index (χ3v) is 6.91. The fourth-order valence-corrected chi connectivity index (χ4v) is 4.53. The molecule has 0 spiro atoms. The highest BCUT2D eigenvalue weighted by Crippen LogP contribution is 2.33. The van der Waals surface area contributed by atoms with Gasteiger partial charge in [-0.3, -0.25) is 9.59 Å². The number of unbranched alkanes of at least 4 members (excludes halogenated alkanes) is 1. The Balaban J connectivity index is 1.59. The molecule has 4 aromatic rings. The van der Waals surface area contributed by atoms with Gasteiger partial charge in [0, 0.05) is 20.9 Å². The SMILES string of the molecule is CCCCc1nc2ccc(Br)cc2c(=O)n1N=Cc1cc(OC)c(OCC(=O)Nc2ccccc2F)cc1Br. The molecular formula is C28H25Br2FN4O4. The lowest BCUT2D eigenvalue weighted by molar-refractivity contribution is -0.118. The van der Waals surface area contributed by atoms with Crippen molar-refractivity contribution in [2.45, 2.75) is 26.2 Å². The number of aryl methyl sites for hydroxylation is 1. The van der Waals surface area contributed by atoms with Crippen LogP contribution in [0.1, 0.15) is 31.2 Å². The minimum Gasteiger partial charge on any atom is -0.493 e. The summed E-state index contributed by atoms with van der Waals surface area (Å²) in [4.78, 5) is 30.3. The molecule has 1 amide bonds. The molecule has 202 valence electrons. The van der Waals surface area contributed by atoms with Crippen molar-refractivity contribution >= 4 is 60.6 Å². The van der Waals surface area contributed by atoms with E-state index in [1.807, 2.05) is 6.07 Å². The highest BCUT2D eigenvalue weighted by Gasteiger charge is 2.14. The average Bonchev–Trinajstić information content (AvgIpc) is 2.92. The van der Waals surface area contributed by atoms with E-state index >= 15 is 0 Å². The van der Waals surface area contributed by atoms with E-state index in [4.69, 9.17) is 9.47 Å².